The second-order valence-electron chi connectivity index (χ2n) is 5.52. The van der Waals surface area contributed by atoms with Crippen LogP contribution in [0.15, 0.2) is 48.0 Å². The zero-order valence-electron chi connectivity index (χ0n) is 13.2. The Labute approximate surface area is 152 Å². The zero-order chi connectivity index (χ0) is 18.3. The second kappa shape index (κ2) is 6.20. The van der Waals surface area contributed by atoms with E-state index in [1.807, 2.05) is 0 Å². The highest BCUT2D eigenvalue weighted by Crippen LogP contribution is 2.34. The van der Waals surface area contributed by atoms with Gasteiger partial charge in [-0.05, 0) is 35.9 Å². The number of ether oxygens (including phenoxy) is 2. The number of halogens is 1. The summed E-state index contributed by atoms with van der Waals surface area (Å²) in [6.45, 7) is 0.115. The summed E-state index contributed by atoms with van der Waals surface area (Å²) < 4.78 is 10.5. The third-order valence-electron chi connectivity index (χ3n) is 3.90. The molecule has 7 nitrogen and oxygen atoms in total. The van der Waals surface area contributed by atoms with Crippen molar-refractivity contribution in [3.63, 3.8) is 0 Å². The van der Waals surface area contributed by atoms with E-state index in [-0.39, 0.29) is 23.1 Å². The number of nitrogens with zero attached hydrogens (tertiary/aromatic N) is 1. The molecular weight excluding hydrogens is 360 g/mol. The molecule has 2 aliphatic heterocycles. The molecule has 1 N–H and O–H groups in total. The molecule has 0 radical (unpaired) electrons. The van der Waals surface area contributed by atoms with Crippen molar-refractivity contribution in [1.82, 2.24) is 5.32 Å². The number of carbonyl (C=O) groups is 3. The molecule has 0 atom stereocenters. The fraction of sp³-hybridized carbons (Fsp3) is 0.0556. The molecule has 0 spiro atoms. The van der Waals surface area contributed by atoms with Gasteiger partial charge in [-0.1, -0.05) is 29.8 Å². The number of carbonyl (C=O) groups excluding carboxylic acids is 3. The average molecular weight is 371 g/mol. The van der Waals surface area contributed by atoms with Gasteiger partial charge in [-0.25, -0.2) is 9.69 Å². The molecule has 4 amide bonds. The molecule has 1 fully saturated rings. The van der Waals surface area contributed by atoms with Gasteiger partial charge in [-0.15, -0.1) is 0 Å². The second-order valence-corrected chi connectivity index (χ2v) is 5.93. The van der Waals surface area contributed by atoms with E-state index in [2.05, 4.69) is 5.32 Å². The Morgan fingerprint density at radius 3 is 2.62 bits per heavy atom. The lowest BCUT2D eigenvalue weighted by molar-refractivity contribution is -0.122. The van der Waals surface area contributed by atoms with Gasteiger partial charge in [0.1, 0.15) is 5.57 Å². The highest BCUT2D eigenvalue weighted by Gasteiger charge is 2.37. The molecule has 0 bridgehead atoms. The average Bonchev–Trinajstić information content (AvgIpc) is 3.08. The topological polar surface area (TPSA) is 84.9 Å². The Kier molecular flexibility index (Phi) is 3.85. The third kappa shape index (κ3) is 2.68. The lowest BCUT2D eigenvalue weighted by Gasteiger charge is -2.27. The van der Waals surface area contributed by atoms with E-state index in [0.29, 0.717) is 17.1 Å². The van der Waals surface area contributed by atoms with E-state index in [4.69, 9.17) is 21.1 Å². The number of nitrogens with one attached hydrogen (secondary N) is 1. The molecule has 2 aliphatic rings. The number of barbiturate groups is 1. The van der Waals surface area contributed by atoms with Crippen LogP contribution in [0.1, 0.15) is 5.56 Å². The first-order valence-electron chi connectivity index (χ1n) is 7.60. The molecule has 1 saturated heterocycles. The van der Waals surface area contributed by atoms with Gasteiger partial charge in [-0.3, -0.25) is 14.9 Å². The van der Waals surface area contributed by atoms with Crippen LogP contribution in [0.3, 0.4) is 0 Å². The van der Waals surface area contributed by atoms with Gasteiger partial charge in [-0.2, -0.15) is 0 Å². The van der Waals surface area contributed by atoms with Crippen molar-refractivity contribution >= 4 is 41.2 Å². The molecular formula is C18H11ClN2O5. The molecule has 130 valence electrons. The Bertz CT molecular complexity index is 985. The van der Waals surface area contributed by atoms with Crippen molar-refractivity contribution in [2.45, 2.75) is 0 Å². The van der Waals surface area contributed by atoms with Crippen LogP contribution in [0.5, 0.6) is 11.5 Å². The van der Waals surface area contributed by atoms with Gasteiger partial charge < -0.3 is 9.47 Å². The monoisotopic (exact) mass is 370 g/mol. The highest BCUT2D eigenvalue weighted by atomic mass is 35.5. The van der Waals surface area contributed by atoms with E-state index >= 15 is 0 Å². The molecule has 2 aromatic rings. The van der Waals surface area contributed by atoms with Gasteiger partial charge in [0.2, 0.25) is 6.79 Å². The number of fused-ring (bicyclic) bond motifs is 1. The lowest BCUT2D eigenvalue weighted by atomic mass is 10.1. The molecule has 26 heavy (non-hydrogen) atoms. The summed E-state index contributed by atoms with van der Waals surface area (Å²) in [7, 11) is 0. The summed E-state index contributed by atoms with van der Waals surface area (Å²) in [6.07, 6.45) is 1.38. The van der Waals surface area contributed by atoms with Crippen molar-refractivity contribution in [2.24, 2.45) is 0 Å². The van der Waals surface area contributed by atoms with Crippen LogP contribution in [0.4, 0.5) is 10.5 Å². The van der Waals surface area contributed by atoms with Crippen LogP contribution in [-0.2, 0) is 9.59 Å². The zero-order valence-corrected chi connectivity index (χ0v) is 13.9. The first-order chi connectivity index (χ1) is 12.5. The Hall–Kier alpha value is -3.32. The van der Waals surface area contributed by atoms with E-state index in [0.717, 1.165) is 4.90 Å². The van der Waals surface area contributed by atoms with Crippen LogP contribution >= 0.6 is 11.6 Å². The van der Waals surface area contributed by atoms with Crippen LogP contribution in [0.2, 0.25) is 5.02 Å². The van der Waals surface area contributed by atoms with Gasteiger partial charge in [0.15, 0.2) is 11.5 Å². The summed E-state index contributed by atoms with van der Waals surface area (Å²) in [5.41, 5.74) is 0.561. The van der Waals surface area contributed by atoms with Gasteiger partial charge in [0.25, 0.3) is 11.8 Å². The van der Waals surface area contributed by atoms with Crippen LogP contribution in [-0.4, -0.2) is 24.6 Å². The van der Waals surface area contributed by atoms with Crippen LogP contribution in [0.25, 0.3) is 6.08 Å². The van der Waals surface area contributed by atoms with Crippen molar-refractivity contribution in [3.8, 4) is 11.5 Å². The molecule has 0 saturated carbocycles. The first kappa shape index (κ1) is 16.2. The number of rotatable bonds is 2. The summed E-state index contributed by atoms with van der Waals surface area (Å²) in [5, 5.41) is 2.37. The molecule has 0 unspecified atom stereocenters. The van der Waals surface area contributed by atoms with Crippen molar-refractivity contribution in [2.75, 3.05) is 11.7 Å². The van der Waals surface area contributed by atoms with E-state index in [1.165, 1.54) is 12.1 Å². The normalized spacial score (nSPS) is 17.7. The van der Waals surface area contributed by atoms with Gasteiger partial charge in [0, 0.05) is 0 Å². The molecule has 4 rings (SSSR count). The summed E-state index contributed by atoms with van der Waals surface area (Å²) in [4.78, 5) is 38.0. The number of imide groups is 2. The summed E-state index contributed by atoms with van der Waals surface area (Å²) >= 11 is 6.09. The fourth-order valence-electron chi connectivity index (χ4n) is 2.68. The van der Waals surface area contributed by atoms with E-state index < -0.39 is 17.8 Å². The highest BCUT2D eigenvalue weighted by molar-refractivity contribution is 6.42. The predicted molar refractivity (Wildman–Crippen MR) is 93.0 cm³/mol. The molecule has 0 aliphatic carbocycles. The summed E-state index contributed by atoms with van der Waals surface area (Å²) in [6, 6.07) is 10.5. The maximum absolute atomic E-state index is 12.8. The number of anilines is 1. The number of amides is 4. The maximum Gasteiger partial charge on any atom is 0.335 e. The number of para-hydroxylation sites is 1. The molecule has 0 aromatic heterocycles. The number of benzene rings is 2. The van der Waals surface area contributed by atoms with Gasteiger partial charge >= 0.3 is 6.03 Å². The van der Waals surface area contributed by atoms with Crippen molar-refractivity contribution in [1.29, 1.82) is 0 Å². The van der Waals surface area contributed by atoms with Crippen molar-refractivity contribution in [3.05, 3.63) is 58.6 Å². The number of hydrogen-bond acceptors (Lipinski definition) is 5. The third-order valence-corrected chi connectivity index (χ3v) is 4.22. The molecule has 2 aromatic carbocycles. The number of hydrogen-bond donors (Lipinski definition) is 1. The molecule has 2 heterocycles. The minimum atomic E-state index is -0.851. The maximum atomic E-state index is 12.8. The summed E-state index contributed by atoms with van der Waals surface area (Å²) in [5.74, 6) is -0.438. The predicted octanol–water partition coefficient (Wildman–Crippen LogP) is 2.74. The standard InChI is InChI=1S/C18H11ClN2O5/c19-12-3-1-2-4-13(12)21-17(23)11(16(22)20-18(21)24)7-10-5-6-14-15(8-10)26-9-25-14/h1-8H,9H2,(H,20,22,24). The largest absolute Gasteiger partial charge is 0.454 e. The number of urea groups is 1. The first-order valence-corrected chi connectivity index (χ1v) is 7.98. The van der Waals surface area contributed by atoms with E-state index in [1.54, 1.807) is 36.4 Å². The Morgan fingerprint density at radius 2 is 1.81 bits per heavy atom. The Balaban J connectivity index is 1.74. The van der Waals surface area contributed by atoms with Crippen LogP contribution < -0.4 is 19.7 Å². The fourth-order valence-corrected chi connectivity index (χ4v) is 2.90. The van der Waals surface area contributed by atoms with Crippen molar-refractivity contribution < 1.29 is 23.9 Å². The quantitative estimate of drug-likeness (QED) is 0.649. The van der Waals surface area contributed by atoms with E-state index in [9.17, 15) is 14.4 Å². The minimum Gasteiger partial charge on any atom is -0.454 e. The Morgan fingerprint density at radius 1 is 1.04 bits per heavy atom. The van der Waals surface area contributed by atoms with Crippen LogP contribution in [0, 0.1) is 0 Å². The smallest absolute Gasteiger partial charge is 0.335 e. The van der Waals surface area contributed by atoms with Gasteiger partial charge in [0.05, 0.1) is 10.7 Å². The lowest BCUT2D eigenvalue weighted by Crippen LogP contribution is -2.54. The SMILES string of the molecule is O=C1NC(=O)N(c2ccccc2Cl)C(=O)C1=Cc1ccc2c(c1)OCO2. The minimum absolute atomic E-state index is 0.115. The molecule has 8 heteroatoms.